The Morgan fingerprint density at radius 2 is 1.88 bits per heavy atom. The first kappa shape index (κ1) is 21.5. The number of aromatic amines is 1. The second-order valence-electron chi connectivity index (χ2n) is 6.43. The number of thioether (sulfide) groups is 1. The molecule has 0 spiro atoms. The second-order valence-corrected chi connectivity index (χ2v) is 8.63. The molecule has 0 saturated heterocycles. The molecule has 2 N–H and O–H groups in total. The number of nitrogens with one attached hydrogen (secondary N) is 2. The lowest BCUT2D eigenvalue weighted by Gasteiger charge is -2.13. The molecule has 4 aromatic rings. The van der Waals surface area contributed by atoms with E-state index in [2.05, 4.69) is 20.5 Å². The number of methoxy groups -OCH3 is 1. The molecule has 162 valence electrons. The first-order valence-electron chi connectivity index (χ1n) is 9.36. The van der Waals surface area contributed by atoms with E-state index in [1.165, 1.54) is 34.8 Å². The Bertz CT molecular complexity index is 1350. The number of amides is 1. The predicted molar refractivity (Wildman–Crippen MR) is 124 cm³/mol. The van der Waals surface area contributed by atoms with Crippen molar-refractivity contribution in [3.63, 3.8) is 0 Å². The summed E-state index contributed by atoms with van der Waals surface area (Å²) in [6.07, 6.45) is 0. The van der Waals surface area contributed by atoms with Crippen molar-refractivity contribution >= 4 is 34.8 Å². The minimum atomic E-state index is -0.665. The van der Waals surface area contributed by atoms with Crippen molar-refractivity contribution in [2.24, 2.45) is 0 Å². The van der Waals surface area contributed by atoms with Gasteiger partial charge in [0.15, 0.2) is 4.34 Å². The summed E-state index contributed by atoms with van der Waals surface area (Å²) in [4.78, 5) is 39.0. The fourth-order valence-corrected chi connectivity index (χ4v) is 4.50. The van der Waals surface area contributed by atoms with Gasteiger partial charge in [-0.15, -0.1) is 10.2 Å². The highest BCUT2D eigenvalue weighted by atomic mass is 32.2. The maximum absolute atomic E-state index is 12.5. The molecule has 11 heteroatoms. The van der Waals surface area contributed by atoms with Gasteiger partial charge in [0.05, 0.1) is 18.6 Å². The first-order chi connectivity index (χ1) is 15.5. The van der Waals surface area contributed by atoms with E-state index in [1.807, 2.05) is 30.3 Å². The molecule has 9 nitrogen and oxygen atoms in total. The van der Waals surface area contributed by atoms with Gasteiger partial charge < -0.3 is 10.1 Å². The number of benzene rings is 2. The molecule has 0 radical (unpaired) electrons. The van der Waals surface area contributed by atoms with Gasteiger partial charge >= 0.3 is 5.69 Å². The van der Waals surface area contributed by atoms with Crippen molar-refractivity contribution in [3.8, 4) is 22.0 Å². The van der Waals surface area contributed by atoms with Crippen molar-refractivity contribution < 1.29 is 9.53 Å². The normalized spacial score (nSPS) is 10.7. The third-order valence-electron chi connectivity index (χ3n) is 4.29. The molecule has 4 rings (SSSR count). The average molecular weight is 468 g/mol. The summed E-state index contributed by atoms with van der Waals surface area (Å²) >= 11 is 2.60. The summed E-state index contributed by atoms with van der Waals surface area (Å²) in [5.41, 5.74) is 0.140. The number of H-pyrrole nitrogens is 1. The summed E-state index contributed by atoms with van der Waals surface area (Å²) in [6.45, 7) is 0. The standard InChI is InChI=1S/C21H17N5O4S2/c1-30-15-9-7-14(8-10-15)26-16(11-17(27)23-20(26)29)22-18(28)12-31-21-25-24-19(32-21)13-5-3-2-4-6-13/h2-11H,12H2,1H3,(H,22,28)(H,23,27,29). The molecular weight excluding hydrogens is 450 g/mol. The molecule has 1 amide bonds. The monoisotopic (exact) mass is 467 g/mol. The highest BCUT2D eigenvalue weighted by molar-refractivity contribution is 8.01. The predicted octanol–water partition coefficient (Wildman–Crippen LogP) is 2.78. The Kier molecular flexibility index (Phi) is 6.47. The minimum absolute atomic E-state index is 0.0347. The quantitative estimate of drug-likeness (QED) is 0.401. The van der Waals surface area contributed by atoms with Crippen LogP contribution in [-0.4, -0.2) is 38.5 Å². The smallest absolute Gasteiger partial charge is 0.334 e. The number of carbonyl (C=O) groups excluding carboxylic acids is 1. The third kappa shape index (κ3) is 4.95. The third-order valence-corrected chi connectivity index (χ3v) is 6.40. The van der Waals surface area contributed by atoms with Crippen LogP contribution in [0, 0.1) is 0 Å². The molecule has 0 atom stereocenters. The van der Waals surface area contributed by atoms with Crippen molar-refractivity contribution in [2.75, 3.05) is 18.2 Å². The van der Waals surface area contributed by atoms with Crippen LogP contribution in [0.1, 0.15) is 0 Å². The summed E-state index contributed by atoms with van der Waals surface area (Å²) in [5, 5.41) is 11.7. The van der Waals surface area contributed by atoms with Gasteiger partial charge in [0.25, 0.3) is 5.56 Å². The Labute approximate surface area is 190 Å². The number of hydrogen-bond acceptors (Lipinski definition) is 8. The lowest BCUT2D eigenvalue weighted by atomic mass is 10.2. The Hall–Kier alpha value is -3.70. The van der Waals surface area contributed by atoms with E-state index in [1.54, 1.807) is 24.3 Å². The van der Waals surface area contributed by atoms with Crippen molar-refractivity contribution in [3.05, 3.63) is 81.5 Å². The van der Waals surface area contributed by atoms with Crippen molar-refractivity contribution in [1.29, 1.82) is 0 Å². The second kappa shape index (κ2) is 9.62. The summed E-state index contributed by atoms with van der Waals surface area (Å²) in [5.74, 6) is 0.322. The number of anilines is 1. The molecule has 0 bridgehead atoms. The van der Waals surface area contributed by atoms with Crippen LogP contribution in [0.25, 0.3) is 16.3 Å². The Balaban J connectivity index is 1.49. The van der Waals surface area contributed by atoms with E-state index < -0.39 is 17.2 Å². The van der Waals surface area contributed by atoms with E-state index in [-0.39, 0.29) is 11.6 Å². The molecule has 2 aromatic heterocycles. The SMILES string of the molecule is COc1ccc(-n2c(NC(=O)CSc3nnc(-c4ccccc4)s3)cc(=O)[nH]c2=O)cc1. The van der Waals surface area contributed by atoms with E-state index >= 15 is 0 Å². The fraction of sp³-hybridized carbons (Fsp3) is 0.0952. The lowest BCUT2D eigenvalue weighted by molar-refractivity contribution is -0.113. The van der Waals surface area contributed by atoms with E-state index in [4.69, 9.17) is 4.74 Å². The van der Waals surface area contributed by atoms with Crippen LogP contribution in [0.15, 0.2) is 74.6 Å². The maximum atomic E-state index is 12.5. The Morgan fingerprint density at radius 3 is 2.59 bits per heavy atom. The summed E-state index contributed by atoms with van der Waals surface area (Å²) < 4.78 is 6.97. The van der Waals surface area contributed by atoms with Crippen LogP contribution < -0.4 is 21.3 Å². The van der Waals surface area contributed by atoms with E-state index in [9.17, 15) is 14.4 Å². The molecule has 0 aliphatic heterocycles. The topological polar surface area (TPSA) is 119 Å². The average Bonchev–Trinajstić information content (AvgIpc) is 3.27. The molecule has 0 saturated carbocycles. The zero-order valence-electron chi connectivity index (χ0n) is 16.8. The van der Waals surface area contributed by atoms with Crippen LogP contribution in [-0.2, 0) is 4.79 Å². The molecule has 2 heterocycles. The molecule has 2 aromatic carbocycles. The van der Waals surface area contributed by atoms with Crippen LogP contribution in [0.5, 0.6) is 5.75 Å². The van der Waals surface area contributed by atoms with Crippen molar-refractivity contribution in [1.82, 2.24) is 19.7 Å². The zero-order chi connectivity index (χ0) is 22.5. The molecule has 0 aliphatic rings. The van der Waals surface area contributed by atoms with Gasteiger partial charge in [-0.1, -0.05) is 53.4 Å². The van der Waals surface area contributed by atoms with Crippen LogP contribution in [0.4, 0.5) is 5.82 Å². The first-order valence-corrected chi connectivity index (χ1v) is 11.2. The Morgan fingerprint density at radius 1 is 1.12 bits per heavy atom. The molecular formula is C21H17N5O4S2. The van der Waals surface area contributed by atoms with Gasteiger partial charge in [0, 0.05) is 11.6 Å². The van der Waals surface area contributed by atoms with Crippen LogP contribution in [0.3, 0.4) is 0 Å². The molecule has 32 heavy (non-hydrogen) atoms. The minimum Gasteiger partial charge on any atom is -0.497 e. The molecule has 0 aliphatic carbocycles. The van der Waals surface area contributed by atoms with Gasteiger partial charge in [0.2, 0.25) is 5.91 Å². The number of nitrogens with zero attached hydrogens (tertiary/aromatic N) is 3. The number of hydrogen-bond donors (Lipinski definition) is 2. The van der Waals surface area contributed by atoms with E-state index in [0.29, 0.717) is 15.8 Å². The largest absolute Gasteiger partial charge is 0.497 e. The van der Waals surface area contributed by atoms with E-state index in [0.717, 1.165) is 16.6 Å². The highest BCUT2D eigenvalue weighted by Gasteiger charge is 2.14. The number of rotatable bonds is 7. The van der Waals surface area contributed by atoms with Crippen LogP contribution in [0.2, 0.25) is 0 Å². The number of ether oxygens (including phenoxy) is 1. The van der Waals surface area contributed by atoms with Gasteiger partial charge in [-0.05, 0) is 24.3 Å². The highest BCUT2D eigenvalue weighted by Crippen LogP contribution is 2.29. The van der Waals surface area contributed by atoms with Gasteiger partial charge in [-0.2, -0.15) is 0 Å². The number of aromatic nitrogens is 4. The summed E-state index contributed by atoms with van der Waals surface area (Å²) in [7, 11) is 1.53. The molecule has 0 unspecified atom stereocenters. The molecule has 0 fully saturated rings. The van der Waals surface area contributed by atoms with Crippen molar-refractivity contribution in [2.45, 2.75) is 4.34 Å². The maximum Gasteiger partial charge on any atom is 0.334 e. The zero-order valence-corrected chi connectivity index (χ0v) is 18.4. The van der Waals surface area contributed by atoms with Gasteiger partial charge in [0.1, 0.15) is 16.6 Å². The van der Waals surface area contributed by atoms with Crippen LogP contribution >= 0.6 is 23.1 Å². The van der Waals surface area contributed by atoms with Gasteiger partial charge in [-0.25, -0.2) is 9.36 Å². The van der Waals surface area contributed by atoms with Gasteiger partial charge in [-0.3, -0.25) is 14.6 Å². The lowest BCUT2D eigenvalue weighted by Crippen LogP contribution is -2.32. The fourth-order valence-electron chi connectivity index (χ4n) is 2.85. The summed E-state index contributed by atoms with van der Waals surface area (Å²) in [6, 6.07) is 17.4. The number of carbonyl (C=O) groups is 1.